The van der Waals surface area contributed by atoms with E-state index in [-0.39, 0.29) is 0 Å². The predicted molar refractivity (Wildman–Crippen MR) is 114 cm³/mol. The molecule has 4 aromatic rings. The molecule has 1 nitrogen and oxygen atoms in total. The second kappa shape index (κ2) is 7.84. The highest BCUT2D eigenvalue weighted by molar-refractivity contribution is 5.78. The van der Waals surface area contributed by atoms with E-state index in [1.54, 1.807) is 0 Å². The fourth-order valence-corrected chi connectivity index (χ4v) is 3.20. The summed E-state index contributed by atoms with van der Waals surface area (Å²) in [5, 5.41) is 0. The minimum absolute atomic E-state index is 0.835. The van der Waals surface area contributed by atoms with Crippen molar-refractivity contribution in [1.82, 2.24) is 0 Å². The van der Waals surface area contributed by atoms with E-state index in [0.29, 0.717) is 0 Å². The molecule has 0 fully saturated rings. The van der Waals surface area contributed by atoms with Gasteiger partial charge in [0.05, 0.1) is 17.2 Å². The minimum Gasteiger partial charge on any atom is -0.207 e. The van der Waals surface area contributed by atoms with Crippen molar-refractivity contribution in [2.45, 2.75) is 6.92 Å². The van der Waals surface area contributed by atoms with Crippen LogP contribution >= 0.6 is 0 Å². The van der Waals surface area contributed by atoms with Crippen molar-refractivity contribution in [2.24, 2.45) is 0 Å². The van der Waals surface area contributed by atoms with Crippen LogP contribution in [0.5, 0.6) is 0 Å². The van der Waals surface area contributed by atoms with E-state index >= 15 is 0 Å². The Balaban J connectivity index is 1.85. The minimum atomic E-state index is 0.835. The molecule has 0 unspecified atom stereocenters. The zero-order valence-corrected chi connectivity index (χ0v) is 15.3. The van der Waals surface area contributed by atoms with Crippen LogP contribution in [0, 0.1) is 6.92 Å². The predicted octanol–water partition coefficient (Wildman–Crippen LogP) is 7.37. The fourth-order valence-electron chi connectivity index (χ4n) is 3.20. The van der Waals surface area contributed by atoms with Gasteiger partial charge in [-0.15, -0.1) is 0 Å². The standard InChI is InChI=1S/C26H21O/c1-20-25(22-13-7-3-8-14-22)19-24(18-17-21-11-5-2-6-12-21)27-26(20)23-15-9-4-10-16-23/h2-19H,1H3/q+1/b18-17+. The third kappa shape index (κ3) is 3.88. The monoisotopic (exact) mass is 349 g/mol. The van der Waals surface area contributed by atoms with E-state index < -0.39 is 0 Å². The van der Waals surface area contributed by atoms with Crippen LogP contribution in [0.25, 0.3) is 34.6 Å². The first-order valence-corrected chi connectivity index (χ1v) is 9.13. The van der Waals surface area contributed by atoms with Crippen LogP contribution in [0.4, 0.5) is 0 Å². The lowest BCUT2D eigenvalue weighted by molar-refractivity contribution is 0.552. The Kier molecular flexibility index (Phi) is 4.93. The molecule has 1 heteroatoms. The number of rotatable bonds is 4. The molecule has 0 atom stereocenters. The molecule has 0 saturated carbocycles. The molecular weight excluding hydrogens is 328 g/mol. The van der Waals surface area contributed by atoms with E-state index in [9.17, 15) is 0 Å². The summed E-state index contributed by atoms with van der Waals surface area (Å²) in [6.07, 6.45) is 4.12. The molecule has 130 valence electrons. The SMILES string of the molecule is Cc1c(-c2ccccc2)cc(/C=C/c2ccccc2)[o+]c1-c1ccccc1. The molecular formula is C26H21O+. The van der Waals surface area contributed by atoms with Crippen LogP contribution in [0.15, 0.2) is 101 Å². The highest BCUT2D eigenvalue weighted by Crippen LogP contribution is 2.33. The highest BCUT2D eigenvalue weighted by Gasteiger charge is 2.22. The molecule has 0 aliphatic rings. The summed E-state index contributed by atoms with van der Waals surface area (Å²) in [5.74, 6) is 1.74. The van der Waals surface area contributed by atoms with Gasteiger partial charge in [0, 0.05) is 11.6 Å². The third-order valence-corrected chi connectivity index (χ3v) is 4.61. The van der Waals surface area contributed by atoms with Gasteiger partial charge in [-0.05, 0) is 36.3 Å². The van der Waals surface area contributed by atoms with Gasteiger partial charge in [0.1, 0.15) is 0 Å². The molecule has 4 rings (SSSR count). The molecule has 0 amide bonds. The first-order valence-electron chi connectivity index (χ1n) is 9.13. The Morgan fingerprint density at radius 2 is 1.19 bits per heavy atom. The van der Waals surface area contributed by atoms with Crippen LogP contribution in [-0.4, -0.2) is 0 Å². The fraction of sp³-hybridized carbons (Fsp3) is 0.0385. The van der Waals surface area contributed by atoms with Gasteiger partial charge in [-0.2, -0.15) is 0 Å². The molecule has 0 bridgehead atoms. The molecule has 0 spiro atoms. The van der Waals surface area contributed by atoms with Crippen molar-refractivity contribution < 1.29 is 4.42 Å². The van der Waals surface area contributed by atoms with Crippen molar-refractivity contribution in [3.05, 3.63) is 114 Å². The third-order valence-electron chi connectivity index (χ3n) is 4.61. The van der Waals surface area contributed by atoms with Crippen molar-refractivity contribution in [3.63, 3.8) is 0 Å². The molecule has 0 aliphatic heterocycles. The molecule has 3 aromatic carbocycles. The van der Waals surface area contributed by atoms with Gasteiger partial charge in [-0.1, -0.05) is 78.9 Å². The van der Waals surface area contributed by atoms with Crippen LogP contribution in [0.2, 0.25) is 0 Å². The van der Waals surface area contributed by atoms with Gasteiger partial charge < -0.3 is 0 Å². The van der Waals surface area contributed by atoms with Gasteiger partial charge >= 0.3 is 11.5 Å². The van der Waals surface area contributed by atoms with Crippen LogP contribution in [-0.2, 0) is 0 Å². The lowest BCUT2D eigenvalue weighted by Crippen LogP contribution is -1.91. The van der Waals surface area contributed by atoms with E-state index in [0.717, 1.165) is 28.2 Å². The van der Waals surface area contributed by atoms with E-state index in [4.69, 9.17) is 4.42 Å². The zero-order chi connectivity index (χ0) is 18.5. The number of benzene rings is 3. The zero-order valence-electron chi connectivity index (χ0n) is 15.3. The summed E-state index contributed by atoms with van der Waals surface area (Å²) in [7, 11) is 0. The lowest BCUT2D eigenvalue weighted by Gasteiger charge is -2.05. The van der Waals surface area contributed by atoms with Gasteiger partial charge in [-0.3, -0.25) is 0 Å². The van der Waals surface area contributed by atoms with Crippen molar-refractivity contribution in [1.29, 1.82) is 0 Å². The largest absolute Gasteiger partial charge is 0.364 e. The molecule has 0 radical (unpaired) electrons. The summed E-state index contributed by atoms with van der Waals surface area (Å²) in [5.41, 5.74) is 5.76. The molecule has 0 N–H and O–H groups in total. The first-order chi connectivity index (χ1) is 13.3. The number of hydrogen-bond donors (Lipinski definition) is 0. The average molecular weight is 349 g/mol. The van der Waals surface area contributed by atoms with Crippen molar-refractivity contribution in [2.75, 3.05) is 0 Å². The van der Waals surface area contributed by atoms with Gasteiger partial charge in [0.2, 0.25) is 0 Å². The quantitative estimate of drug-likeness (QED) is 0.350. The van der Waals surface area contributed by atoms with Gasteiger partial charge in [-0.25, -0.2) is 4.42 Å². The number of hydrogen-bond acceptors (Lipinski definition) is 0. The molecule has 27 heavy (non-hydrogen) atoms. The van der Waals surface area contributed by atoms with Crippen LogP contribution < -0.4 is 0 Å². The molecule has 0 saturated heterocycles. The maximum absolute atomic E-state index is 6.29. The van der Waals surface area contributed by atoms with E-state index in [1.165, 1.54) is 11.1 Å². The molecule has 1 heterocycles. The Morgan fingerprint density at radius 1 is 0.630 bits per heavy atom. The first kappa shape index (κ1) is 17.0. The summed E-state index contributed by atoms with van der Waals surface area (Å²) >= 11 is 0. The summed E-state index contributed by atoms with van der Waals surface area (Å²) in [6.45, 7) is 2.12. The Bertz CT molecular complexity index is 989. The second-order valence-electron chi connectivity index (χ2n) is 6.49. The summed E-state index contributed by atoms with van der Waals surface area (Å²) in [4.78, 5) is 0. The summed E-state index contributed by atoms with van der Waals surface area (Å²) < 4.78 is 6.29. The van der Waals surface area contributed by atoms with Crippen LogP contribution in [0.1, 0.15) is 16.9 Å². The van der Waals surface area contributed by atoms with Crippen molar-refractivity contribution in [3.8, 4) is 22.5 Å². The maximum atomic E-state index is 6.29. The lowest BCUT2D eigenvalue weighted by atomic mass is 9.97. The summed E-state index contributed by atoms with van der Waals surface area (Å²) in [6, 6.07) is 33.1. The average Bonchev–Trinajstić information content (AvgIpc) is 2.75. The van der Waals surface area contributed by atoms with Crippen LogP contribution in [0.3, 0.4) is 0 Å². The topological polar surface area (TPSA) is 11.3 Å². The molecule has 1 aromatic heterocycles. The Labute approximate surface area is 160 Å². The smallest absolute Gasteiger partial charge is 0.207 e. The van der Waals surface area contributed by atoms with Gasteiger partial charge in [0.25, 0.3) is 0 Å². The Hall–Kier alpha value is -3.45. The normalized spacial score (nSPS) is 11.0. The second-order valence-corrected chi connectivity index (χ2v) is 6.49. The van der Waals surface area contributed by atoms with E-state index in [1.807, 2.05) is 48.5 Å². The van der Waals surface area contributed by atoms with Gasteiger partial charge in [0.15, 0.2) is 0 Å². The molecule has 0 aliphatic carbocycles. The van der Waals surface area contributed by atoms with E-state index in [2.05, 4.69) is 67.6 Å². The van der Waals surface area contributed by atoms with Crippen molar-refractivity contribution >= 4 is 12.2 Å². The Morgan fingerprint density at radius 3 is 1.81 bits per heavy atom. The maximum Gasteiger partial charge on any atom is 0.364 e. The highest BCUT2D eigenvalue weighted by atomic mass is 16.3.